The van der Waals surface area contributed by atoms with Gasteiger partial charge in [0.25, 0.3) is 5.56 Å². The van der Waals surface area contributed by atoms with Crippen molar-refractivity contribution >= 4 is 23.1 Å². The topological polar surface area (TPSA) is 96.3 Å². The average Bonchev–Trinajstić information content (AvgIpc) is 3.25. The van der Waals surface area contributed by atoms with Crippen LogP contribution < -0.4 is 15.2 Å². The molecular formula is C26H34N6O3. The van der Waals surface area contributed by atoms with Crippen molar-refractivity contribution in [3.63, 3.8) is 0 Å². The number of aromatic amines is 1. The van der Waals surface area contributed by atoms with E-state index in [4.69, 9.17) is 14.8 Å². The minimum absolute atomic E-state index is 0.163. The van der Waals surface area contributed by atoms with E-state index in [1.54, 1.807) is 12.0 Å². The third-order valence-corrected chi connectivity index (χ3v) is 7.66. The van der Waals surface area contributed by atoms with Crippen LogP contribution in [-0.2, 0) is 4.79 Å². The number of nitrogens with zero attached hydrogens (tertiary/aromatic N) is 5. The SMILES string of the molecule is COc1cc(N2CCC(N(C)C=O)CC2)ccc1-c1nc2c(C)nn(C3CCCCC3)c2c(=O)[nH]1. The number of fused-ring (bicyclic) bond motifs is 1. The number of ether oxygens (including phenoxy) is 1. The minimum Gasteiger partial charge on any atom is -0.496 e. The van der Waals surface area contributed by atoms with Gasteiger partial charge in [0.2, 0.25) is 6.41 Å². The molecule has 35 heavy (non-hydrogen) atoms. The maximum absolute atomic E-state index is 13.2. The number of methoxy groups -OCH3 is 1. The second kappa shape index (κ2) is 9.71. The number of hydrogen-bond acceptors (Lipinski definition) is 6. The molecule has 9 heteroatoms. The van der Waals surface area contributed by atoms with Crippen molar-refractivity contribution in [1.82, 2.24) is 24.6 Å². The molecule has 1 aliphatic heterocycles. The lowest BCUT2D eigenvalue weighted by molar-refractivity contribution is -0.119. The summed E-state index contributed by atoms with van der Waals surface area (Å²) in [4.78, 5) is 36.2. The second-order valence-corrected chi connectivity index (χ2v) is 9.81. The molecule has 0 atom stereocenters. The van der Waals surface area contributed by atoms with Gasteiger partial charge < -0.3 is 19.5 Å². The number of aromatic nitrogens is 4. The molecule has 2 aromatic heterocycles. The van der Waals surface area contributed by atoms with Crippen molar-refractivity contribution in [2.75, 3.05) is 32.1 Å². The number of amides is 1. The largest absolute Gasteiger partial charge is 0.496 e. The van der Waals surface area contributed by atoms with E-state index >= 15 is 0 Å². The van der Waals surface area contributed by atoms with Crippen LogP contribution in [0.5, 0.6) is 5.75 Å². The highest BCUT2D eigenvalue weighted by Crippen LogP contribution is 2.34. The first-order chi connectivity index (χ1) is 17.0. The van der Waals surface area contributed by atoms with Crippen molar-refractivity contribution < 1.29 is 9.53 Å². The molecule has 0 bridgehead atoms. The molecule has 0 spiro atoms. The third kappa shape index (κ3) is 4.39. The van der Waals surface area contributed by atoms with Crippen LogP contribution in [0.25, 0.3) is 22.4 Å². The Bertz CT molecular complexity index is 1270. The highest BCUT2D eigenvalue weighted by atomic mass is 16.5. The summed E-state index contributed by atoms with van der Waals surface area (Å²) in [6.07, 6.45) is 8.45. The molecule has 1 saturated carbocycles. The van der Waals surface area contributed by atoms with Gasteiger partial charge in [0.1, 0.15) is 17.1 Å². The van der Waals surface area contributed by atoms with Crippen LogP contribution in [0.1, 0.15) is 56.7 Å². The summed E-state index contributed by atoms with van der Waals surface area (Å²) in [5, 5.41) is 4.72. The third-order valence-electron chi connectivity index (χ3n) is 7.66. The smallest absolute Gasteiger partial charge is 0.277 e. The molecule has 1 aromatic carbocycles. The number of H-pyrrole nitrogens is 1. The van der Waals surface area contributed by atoms with E-state index in [-0.39, 0.29) is 17.6 Å². The van der Waals surface area contributed by atoms with Gasteiger partial charge in [-0.15, -0.1) is 0 Å². The number of carbonyl (C=O) groups is 1. The van der Waals surface area contributed by atoms with E-state index in [9.17, 15) is 9.59 Å². The fourth-order valence-corrected chi connectivity index (χ4v) is 5.60. The standard InChI is InChI=1S/C26H34N6O3/c1-17-23-24(32(29-17)19-7-5-4-6-8-19)26(34)28-25(27-23)21-10-9-20(15-22(21)35-3)31-13-11-18(12-14-31)30(2)16-33/h9-10,15-16,18-19H,4-8,11-14H2,1-3H3,(H,27,28,34). The molecule has 1 aliphatic carbocycles. The zero-order valence-corrected chi connectivity index (χ0v) is 20.8. The van der Waals surface area contributed by atoms with Gasteiger partial charge in [-0.1, -0.05) is 19.3 Å². The highest BCUT2D eigenvalue weighted by Gasteiger charge is 2.25. The minimum atomic E-state index is -0.163. The monoisotopic (exact) mass is 478 g/mol. The molecule has 2 aliphatic rings. The highest BCUT2D eigenvalue weighted by molar-refractivity contribution is 5.80. The number of aryl methyl sites for hydroxylation is 1. The molecule has 186 valence electrons. The average molecular weight is 479 g/mol. The van der Waals surface area contributed by atoms with Gasteiger partial charge in [0, 0.05) is 37.9 Å². The first-order valence-corrected chi connectivity index (χ1v) is 12.6. The summed E-state index contributed by atoms with van der Waals surface area (Å²) >= 11 is 0. The van der Waals surface area contributed by atoms with E-state index in [2.05, 4.69) is 9.88 Å². The lowest BCUT2D eigenvalue weighted by Gasteiger charge is -2.36. The molecule has 1 saturated heterocycles. The number of carbonyl (C=O) groups excluding carboxylic acids is 1. The lowest BCUT2D eigenvalue weighted by Crippen LogP contribution is -2.42. The second-order valence-electron chi connectivity index (χ2n) is 9.81. The summed E-state index contributed by atoms with van der Waals surface area (Å²) in [5.41, 5.74) is 3.64. The Hall–Kier alpha value is -3.36. The van der Waals surface area contributed by atoms with Crippen molar-refractivity contribution in [3.05, 3.63) is 34.2 Å². The lowest BCUT2D eigenvalue weighted by atomic mass is 9.95. The normalized spacial score (nSPS) is 17.6. The molecule has 3 heterocycles. The van der Waals surface area contributed by atoms with E-state index in [0.29, 0.717) is 22.6 Å². The molecule has 3 aromatic rings. The van der Waals surface area contributed by atoms with Crippen molar-refractivity contribution in [2.45, 2.75) is 64.0 Å². The maximum Gasteiger partial charge on any atom is 0.277 e. The van der Waals surface area contributed by atoms with Crippen LogP contribution in [0, 0.1) is 6.92 Å². The Kier molecular flexibility index (Phi) is 6.49. The first-order valence-electron chi connectivity index (χ1n) is 12.6. The van der Waals surface area contributed by atoms with Crippen molar-refractivity contribution in [1.29, 1.82) is 0 Å². The zero-order valence-electron chi connectivity index (χ0n) is 20.8. The summed E-state index contributed by atoms with van der Waals surface area (Å²) < 4.78 is 7.63. The number of benzene rings is 1. The van der Waals surface area contributed by atoms with Gasteiger partial charge in [0.15, 0.2) is 5.52 Å². The van der Waals surface area contributed by atoms with E-state index in [1.165, 1.54) is 19.3 Å². The Morgan fingerprint density at radius 2 is 1.89 bits per heavy atom. The number of nitrogens with one attached hydrogen (secondary N) is 1. The molecule has 0 unspecified atom stereocenters. The molecule has 1 amide bonds. The number of anilines is 1. The van der Waals surface area contributed by atoms with Gasteiger partial charge in [-0.3, -0.25) is 14.3 Å². The quantitative estimate of drug-likeness (QED) is 0.543. The molecule has 1 N–H and O–H groups in total. The fraction of sp³-hybridized carbons (Fsp3) is 0.538. The Morgan fingerprint density at radius 3 is 2.57 bits per heavy atom. The van der Waals surface area contributed by atoms with E-state index in [0.717, 1.165) is 62.1 Å². The maximum atomic E-state index is 13.2. The zero-order chi connectivity index (χ0) is 24.5. The summed E-state index contributed by atoms with van der Waals surface area (Å²) in [5.74, 6) is 1.15. The van der Waals surface area contributed by atoms with Crippen molar-refractivity contribution in [3.8, 4) is 17.1 Å². The Morgan fingerprint density at radius 1 is 1.14 bits per heavy atom. The van der Waals surface area contributed by atoms with E-state index < -0.39 is 0 Å². The molecule has 9 nitrogen and oxygen atoms in total. The van der Waals surface area contributed by atoms with Gasteiger partial charge in [-0.05, 0) is 44.7 Å². The molecular weight excluding hydrogens is 444 g/mol. The Labute approximate surface area is 205 Å². The van der Waals surface area contributed by atoms with Crippen LogP contribution in [0.3, 0.4) is 0 Å². The van der Waals surface area contributed by atoms with Gasteiger partial charge in [0.05, 0.1) is 24.4 Å². The molecule has 2 fully saturated rings. The van der Waals surface area contributed by atoms with Crippen LogP contribution in [0.4, 0.5) is 5.69 Å². The van der Waals surface area contributed by atoms with Crippen LogP contribution in [0.15, 0.2) is 23.0 Å². The molecule has 5 rings (SSSR count). The predicted octanol–water partition coefficient (Wildman–Crippen LogP) is 3.67. The number of rotatable bonds is 6. The van der Waals surface area contributed by atoms with Crippen LogP contribution in [0.2, 0.25) is 0 Å². The van der Waals surface area contributed by atoms with Gasteiger partial charge in [-0.25, -0.2) is 4.98 Å². The first kappa shape index (κ1) is 23.4. The number of piperidine rings is 1. The predicted molar refractivity (Wildman–Crippen MR) is 136 cm³/mol. The van der Waals surface area contributed by atoms with Crippen molar-refractivity contribution in [2.24, 2.45) is 0 Å². The van der Waals surface area contributed by atoms with Crippen LogP contribution >= 0.6 is 0 Å². The summed E-state index contributed by atoms with van der Waals surface area (Å²) in [6.45, 7) is 3.65. The van der Waals surface area contributed by atoms with Gasteiger partial charge in [-0.2, -0.15) is 5.10 Å². The Balaban J connectivity index is 1.45. The fourth-order valence-electron chi connectivity index (χ4n) is 5.60. The number of hydrogen-bond donors (Lipinski definition) is 1. The summed E-state index contributed by atoms with van der Waals surface area (Å²) in [6, 6.07) is 6.55. The van der Waals surface area contributed by atoms with Gasteiger partial charge >= 0.3 is 0 Å². The van der Waals surface area contributed by atoms with E-state index in [1.807, 2.05) is 36.9 Å². The summed E-state index contributed by atoms with van der Waals surface area (Å²) in [7, 11) is 3.48. The van der Waals surface area contributed by atoms with Crippen LogP contribution in [-0.4, -0.2) is 64.3 Å². The molecule has 0 radical (unpaired) electrons.